The molecule has 0 aliphatic carbocycles. The van der Waals surface area contributed by atoms with Crippen LogP contribution in [-0.4, -0.2) is 41.7 Å². The topological polar surface area (TPSA) is 55.2 Å². The van der Waals surface area contributed by atoms with Gasteiger partial charge in [-0.3, -0.25) is 0 Å². The smallest absolute Gasteiger partial charge is 0.261 e. The number of sulfonamides is 1. The Bertz CT molecular complexity index is 499. The average molecular weight is 308 g/mol. The molecule has 0 aliphatic rings. The first-order valence-corrected chi connectivity index (χ1v) is 8.47. The molecule has 110 valence electrons. The minimum atomic E-state index is -3.47. The van der Waals surface area contributed by atoms with E-state index in [0.717, 1.165) is 25.1 Å². The fraction of sp³-hybridized carbons (Fsp3) is 0.750. The minimum Gasteiger partial charge on any atom is -0.334 e. The van der Waals surface area contributed by atoms with E-state index in [0.29, 0.717) is 19.0 Å². The van der Waals surface area contributed by atoms with E-state index in [-0.39, 0.29) is 5.03 Å². The maximum Gasteiger partial charge on any atom is 0.261 e. The zero-order chi connectivity index (χ0) is 14.5. The number of imidazole rings is 1. The Hall–Kier alpha value is -0.590. The second kappa shape index (κ2) is 7.26. The third kappa shape index (κ3) is 4.19. The van der Waals surface area contributed by atoms with Crippen LogP contribution in [-0.2, 0) is 16.6 Å². The van der Waals surface area contributed by atoms with Crippen LogP contribution in [0.2, 0.25) is 0 Å². The van der Waals surface area contributed by atoms with Gasteiger partial charge in [-0.05, 0) is 26.7 Å². The normalized spacial score (nSPS) is 12.3. The summed E-state index contributed by atoms with van der Waals surface area (Å²) < 4.78 is 27.8. The highest BCUT2D eigenvalue weighted by Crippen LogP contribution is 2.14. The van der Waals surface area contributed by atoms with Crippen molar-refractivity contribution in [2.24, 2.45) is 0 Å². The Morgan fingerprint density at radius 2 is 2.05 bits per heavy atom. The Morgan fingerprint density at radius 1 is 1.37 bits per heavy atom. The van der Waals surface area contributed by atoms with Crippen LogP contribution in [0.25, 0.3) is 0 Å². The number of aromatic nitrogens is 2. The molecular formula is C12H22ClN3O2S. The van der Waals surface area contributed by atoms with Gasteiger partial charge in [0.25, 0.3) is 10.0 Å². The number of hydrogen-bond acceptors (Lipinski definition) is 3. The number of halogens is 1. The molecule has 0 N–H and O–H groups in total. The van der Waals surface area contributed by atoms with Gasteiger partial charge in [-0.2, -0.15) is 4.31 Å². The SMILES string of the molecule is CCn1cc(S(=O)(=O)N(C)CCCCCCl)nc1C. The lowest BCUT2D eigenvalue weighted by molar-refractivity contribution is 0.452. The predicted octanol–water partition coefficient (Wildman–Crippen LogP) is 2.24. The zero-order valence-corrected chi connectivity index (χ0v) is 13.3. The molecule has 0 aliphatic heterocycles. The second-order valence-electron chi connectivity index (χ2n) is 4.49. The van der Waals surface area contributed by atoms with Crippen LogP contribution in [0, 0.1) is 6.92 Å². The van der Waals surface area contributed by atoms with E-state index in [1.165, 1.54) is 4.31 Å². The van der Waals surface area contributed by atoms with Gasteiger partial charge in [0.2, 0.25) is 0 Å². The molecule has 0 radical (unpaired) electrons. The third-order valence-corrected chi connectivity index (χ3v) is 5.07. The molecule has 5 nitrogen and oxygen atoms in total. The van der Waals surface area contributed by atoms with Crippen LogP contribution in [0.4, 0.5) is 0 Å². The summed E-state index contributed by atoms with van der Waals surface area (Å²) >= 11 is 5.59. The first kappa shape index (κ1) is 16.5. The fourth-order valence-electron chi connectivity index (χ4n) is 1.81. The Morgan fingerprint density at radius 3 is 2.58 bits per heavy atom. The molecule has 0 amide bonds. The molecule has 0 fully saturated rings. The molecule has 0 saturated heterocycles. The van der Waals surface area contributed by atoms with Gasteiger partial charge in [0.15, 0.2) is 5.03 Å². The summed E-state index contributed by atoms with van der Waals surface area (Å²) in [7, 11) is -1.88. The van der Waals surface area contributed by atoms with E-state index in [2.05, 4.69) is 4.98 Å². The van der Waals surface area contributed by atoms with E-state index in [9.17, 15) is 8.42 Å². The molecule has 0 atom stereocenters. The van der Waals surface area contributed by atoms with Crippen molar-refractivity contribution < 1.29 is 8.42 Å². The first-order valence-electron chi connectivity index (χ1n) is 6.49. The average Bonchev–Trinajstić information content (AvgIpc) is 2.76. The number of hydrogen-bond donors (Lipinski definition) is 0. The van der Waals surface area contributed by atoms with Crippen molar-refractivity contribution in [3.8, 4) is 0 Å². The predicted molar refractivity (Wildman–Crippen MR) is 77.0 cm³/mol. The molecule has 1 aromatic rings. The number of alkyl halides is 1. The van der Waals surface area contributed by atoms with Gasteiger partial charge in [0.05, 0.1) is 0 Å². The zero-order valence-electron chi connectivity index (χ0n) is 11.8. The first-order chi connectivity index (χ1) is 8.93. The second-order valence-corrected chi connectivity index (χ2v) is 6.86. The summed E-state index contributed by atoms with van der Waals surface area (Å²) in [4.78, 5) is 4.13. The van der Waals surface area contributed by atoms with Gasteiger partial charge >= 0.3 is 0 Å². The highest BCUT2D eigenvalue weighted by atomic mass is 35.5. The van der Waals surface area contributed by atoms with Crippen LogP contribution >= 0.6 is 11.6 Å². The molecule has 19 heavy (non-hydrogen) atoms. The van der Waals surface area contributed by atoms with E-state index < -0.39 is 10.0 Å². The third-order valence-electron chi connectivity index (χ3n) is 3.08. The van der Waals surface area contributed by atoms with Crippen molar-refractivity contribution in [2.75, 3.05) is 19.5 Å². The molecular weight excluding hydrogens is 286 g/mol. The van der Waals surface area contributed by atoms with Crippen molar-refractivity contribution >= 4 is 21.6 Å². The van der Waals surface area contributed by atoms with E-state index in [1.54, 1.807) is 13.2 Å². The van der Waals surface area contributed by atoms with Crippen molar-refractivity contribution in [1.82, 2.24) is 13.9 Å². The highest BCUT2D eigenvalue weighted by Gasteiger charge is 2.23. The van der Waals surface area contributed by atoms with Gasteiger partial charge in [-0.25, -0.2) is 13.4 Å². The van der Waals surface area contributed by atoms with E-state index >= 15 is 0 Å². The number of unbranched alkanes of at least 4 members (excludes halogenated alkanes) is 2. The Balaban J connectivity index is 2.73. The van der Waals surface area contributed by atoms with Crippen LogP contribution in [0.1, 0.15) is 32.0 Å². The molecule has 1 aromatic heterocycles. The largest absolute Gasteiger partial charge is 0.334 e. The van der Waals surface area contributed by atoms with Crippen molar-refractivity contribution in [3.63, 3.8) is 0 Å². The lowest BCUT2D eigenvalue weighted by Gasteiger charge is -2.15. The number of rotatable bonds is 8. The van der Waals surface area contributed by atoms with Crippen molar-refractivity contribution in [3.05, 3.63) is 12.0 Å². The maximum atomic E-state index is 12.3. The highest BCUT2D eigenvalue weighted by molar-refractivity contribution is 7.89. The summed E-state index contributed by atoms with van der Waals surface area (Å²) in [5.74, 6) is 1.34. The summed E-state index contributed by atoms with van der Waals surface area (Å²) in [5, 5.41) is 0.131. The van der Waals surface area contributed by atoms with Crippen molar-refractivity contribution in [1.29, 1.82) is 0 Å². The molecule has 0 bridgehead atoms. The molecule has 1 rings (SSSR count). The van der Waals surface area contributed by atoms with Crippen LogP contribution < -0.4 is 0 Å². The van der Waals surface area contributed by atoms with Gasteiger partial charge in [-0.15, -0.1) is 11.6 Å². The summed E-state index contributed by atoms with van der Waals surface area (Å²) in [6, 6.07) is 0. The van der Waals surface area contributed by atoms with Gasteiger partial charge in [0, 0.05) is 32.2 Å². The Kier molecular flexibility index (Phi) is 6.29. The summed E-state index contributed by atoms with van der Waals surface area (Å²) in [5.41, 5.74) is 0. The molecule has 1 heterocycles. The van der Waals surface area contributed by atoms with Gasteiger partial charge < -0.3 is 4.57 Å². The van der Waals surface area contributed by atoms with E-state index in [1.807, 2.05) is 18.4 Å². The lowest BCUT2D eigenvalue weighted by atomic mass is 10.2. The monoisotopic (exact) mass is 307 g/mol. The molecule has 7 heteroatoms. The quantitative estimate of drug-likeness (QED) is 0.547. The molecule has 0 aromatic carbocycles. The number of aryl methyl sites for hydroxylation is 2. The van der Waals surface area contributed by atoms with Crippen molar-refractivity contribution in [2.45, 2.75) is 44.7 Å². The standard InChI is InChI=1S/C12H22ClN3O2S/c1-4-16-10-12(14-11(16)2)19(17,18)15(3)9-7-5-6-8-13/h10H,4-9H2,1-3H3. The minimum absolute atomic E-state index is 0.131. The van der Waals surface area contributed by atoms with Gasteiger partial charge in [0.1, 0.15) is 5.82 Å². The molecule has 0 saturated carbocycles. The number of nitrogens with zero attached hydrogens (tertiary/aromatic N) is 3. The lowest BCUT2D eigenvalue weighted by Crippen LogP contribution is -2.28. The Labute approximate surface area is 120 Å². The summed E-state index contributed by atoms with van der Waals surface area (Å²) in [6.07, 6.45) is 4.26. The van der Waals surface area contributed by atoms with Crippen LogP contribution in [0.3, 0.4) is 0 Å². The maximum absolute atomic E-state index is 12.3. The molecule has 0 spiro atoms. The summed E-state index contributed by atoms with van der Waals surface area (Å²) in [6.45, 7) is 4.98. The molecule has 0 unspecified atom stereocenters. The van der Waals surface area contributed by atoms with E-state index in [4.69, 9.17) is 11.6 Å². The van der Waals surface area contributed by atoms with Crippen LogP contribution in [0.5, 0.6) is 0 Å². The fourth-order valence-corrected chi connectivity index (χ4v) is 3.19. The van der Waals surface area contributed by atoms with Gasteiger partial charge in [-0.1, -0.05) is 6.42 Å². The van der Waals surface area contributed by atoms with Crippen LogP contribution in [0.15, 0.2) is 11.2 Å².